The number of hydrogen-bond donors (Lipinski definition) is 2. The lowest BCUT2D eigenvalue weighted by Gasteiger charge is -2.21. The molecule has 1 aliphatic rings. The Kier molecular flexibility index (Phi) is 1.96. The van der Waals surface area contributed by atoms with Crippen molar-refractivity contribution in [3.05, 3.63) is 29.1 Å². The molecule has 1 aromatic rings. The van der Waals surface area contributed by atoms with Gasteiger partial charge < -0.3 is 11.5 Å². The number of halogens is 1. The molecule has 0 aliphatic heterocycles. The van der Waals surface area contributed by atoms with Crippen LogP contribution in [0, 0.1) is 5.82 Å². The number of nitrogen functional groups attached to an aromatic ring is 1. The molecule has 2 nitrogen and oxygen atoms in total. The van der Waals surface area contributed by atoms with E-state index in [1.807, 2.05) is 0 Å². The van der Waals surface area contributed by atoms with E-state index in [2.05, 4.69) is 0 Å². The Balaban J connectivity index is 2.43. The zero-order valence-electron chi connectivity index (χ0n) is 7.39. The molecule has 1 unspecified atom stereocenters. The second-order valence-electron chi connectivity index (χ2n) is 3.65. The maximum atomic E-state index is 13.1. The molecule has 0 saturated carbocycles. The van der Waals surface area contributed by atoms with Crippen LogP contribution in [0.25, 0.3) is 0 Å². The van der Waals surface area contributed by atoms with Crippen molar-refractivity contribution in [3.63, 3.8) is 0 Å². The van der Waals surface area contributed by atoms with Gasteiger partial charge in [-0.3, -0.25) is 0 Å². The third-order valence-electron chi connectivity index (χ3n) is 2.59. The summed E-state index contributed by atoms with van der Waals surface area (Å²) in [7, 11) is 0. The standard InChI is InChI=1S/C10H13FN2/c11-9-4-7-3-8(12)2-1-6(7)5-10(9)13/h4-5,8H,1-3,12-13H2. The maximum Gasteiger partial charge on any atom is 0.146 e. The molecule has 0 spiro atoms. The van der Waals surface area contributed by atoms with Gasteiger partial charge in [-0.05, 0) is 42.5 Å². The summed E-state index contributed by atoms with van der Waals surface area (Å²) in [6.45, 7) is 0. The van der Waals surface area contributed by atoms with Gasteiger partial charge in [0.15, 0.2) is 0 Å². The van der Waals surface area contributed by atoms with E-state index in [0.717, 1.165) is 30.4 Å². The molecular weight excluding hydrogens is 167 g/mol. The van der Waals surface area contributed by atoms with Crippen LogP contribution >= 0.6 is 0 Å². The molecule has 2 rings (SSSR count). The monoisotopic (exact) mass is 180 g/mol. The molecule has 1 aliphatic carbocycles. The molecule has 1 atom stereocenters. The first-order valence-corrected chi connectivity index (χ1v) is 4.49. The normalized spacial score (nSPS) is 21.2. The lowest BCUT2D eigenvalue weighted by atomic mass is 9.88. The average molecular weight is 180 g/mol. The van der Waals surface area contributed by atoms with Crippen molar-refractivity contribution in [2.45, 2.75) is 25.3 Å². The highest BCUT2D eigenvalue weighted by atomic mass is 19.1. The Morgan fingerprint density at radius 1 is 1.31 bits per heavy atom. The molecular formula is C10H13FN2. The van der Waals surface area contributed by atoms with Gasteiger partial charge in [0.2, 0.25) is 0 Å². The first kappa shape index (κ1) is 8.51. The summed E-state index contributed by atoms with van der Waals surface area (Å²) < 4.78 is 13.1. The van der Waals surface area contributed by atoms with E-state index in [0.29, 0.717) is 0 Å². The van der Waals surface area contributed by atoms with Gasteiger partial charge in [0.1, 0.15) is 5.82 Å². The molecule has 0 heterocycles. The predicted molar refractivity (Wildman–Crippen MR) is 50.8 cm³/mol. The molecule has 3 heteroatoms. The van der Waals surface area contributed by atoms with Gasteiger partial charge in [-0.25, -0.2) is 4.39 Å². The van der Waals surface area contributed by atoms with Crippen LogP contribution in [0.5, 0.6) is 0 Å². The average Bonchev–Trinajstić information content (AvgIpc) is 2.08. The fourth-order valence-corrected chi connectivity index (χ4v) is 1.83. The van der Waals surface area contributed by atoms with E-state index in [1.54, 1.807) is 6.07 Å². The quantitative estimate of drug-likeness (QED) is 0.590. The fourth-order valence-electron chi connectivity index (χ4n) is 1.83. The second kappa shape index (κ2) is 3.00. The Morgan fingerprint density at radius 2 is 2.08 bits per heavy atom. The van der Waals surface area contributed by atoms with E-state index in [1.165, 1.54) is 6.07 Å². The third-order valence-corrected chi connectivity index (χ3v) is 2.59. The van der Waals surface area contributed by atoms with Crippen LogP contribution in [0.2, 0.25) is 0 Å². The molecule has 4 N–H and O–H groups in total. The Morgan fingerprint density at radius 3 is 2.85 bits per heavy atom. The molecule has 0 bridgehead atoms. The molecule has 0 amide bonds. The molecule has 0 radical (unpaired) electrons. The first-order chi connectivity index (χ1) is 6.16. The van der Waals surface area contributed by atoms with E-state index in [-0.39, 0.29) is 17.5 Å². The Labute approximate surface area is 76.7 Å². The van der Waals surface area contributed by atoms with Gasteiger partial charge >= 0.3 is 0 Å². The lowest BCUT2D eigenvalue weighted by Crippen LogP contribution is -2.28. The van der Waals surface area contributed by atoms with Crippen LogP contribution in [-0.4, -0.2) is 6.04 Å². The van der Waals surface area contributed by atoms with E-state index >= 15 is 0 Å². The minimum atomic E-state index is -0.326. The zero-order chi connectivity index (χ0) is 9.42. The highest BCUT2D eigenvalue weighted by molar-refractivity contribution is 5.47. The smallest absolute Gasteiger partial charge is 0.146 e. The number of fused-ring (bicyclic) bond motifs is 1. The molecule has 70 valence electrons. The summed E-state index contributed by atoms with van der Waals surface area (Å²) in [6, 6.07) is 3.43. The van der Waals surface area contributed by atoms with Crippen molar-refractivity contribution in [1.82, 2.24) is 0 Å². The predicted octanol–water partition coefficient (Wildman–Crippen LogP) is 1.22. The Hall–Kier alpha value is -1.09. The molecule has 0 aromatic heterocycles. The number of nitrogens with two attached hydrogens (primary N) is 2. The molecule has 0 saturated heterocycles. The van der Waals surface area contributed by atoms with Gasteiger partial charge in [-0.2, -0.15) is 0 Å². The highest BCUT2D eigenvalue weighted by Gasteiger charge is 2.16. The van der Waals surface area contributed by atoms with Crippen molar-refractivity contribution >= 4 is 5.69 Å². The minimum Gasteiger partial charge on any atom is -0.396 e. The van der Waals surface area contributed by atoms with Crippen molar-refractivity contribution < 1.29 is 4.39 Å². The van der Waals surface area contributed by atoms with Crippen LogP contribution in [-0.2, 0) is 12.8 Å². The van der Waals surface area contributed by atoms with Crippen molar-refractivity contribution in [2.24, 2.45) is 5.73 Å². The largest absolute Gasteiger partial charge is 0.396 e. The fraction of sp³-hybridized carbons (Fsp3) is 0.400. The van der Waals surface area contributed by atoms with Gasteiger partial charge in [0.05, 0.1) is 5.69 Å². The van der Waals surface area contributed by atoms with Crippen LogP contribution in [0.3, 0.4) is 0 Å². The third kappa shape index (κ3) is 1.52. The second-order valence-corrected chi connectivity index (χ2v) is 3.65. The number of rotatable bonds is 0. The van der Waals surface area contributed by atoms with Gasteiger partial charge in [0, 0.05) is 6.04 Å². The van der Waals surface area contributed by atoms with Crippen molar-refractivity contribution in [1.29, 1.82) is 0 Å². The van der Waals surface area contributed by atoms with Crippen LogP contribution in [0.4, 0.5) is 10.1 Å². The summed E-state index contributed by atoms with van der Waals surface area (Å²) in [5.41, 5.74) is 13.7. The van der Waals surface area contributed by atoms with Gasteiger partial charge in [-0.1, -0.05) is 0 Å². The SMILES string of the molecule is Nc1cc2c(cc1F)CC(N)CC2. The summed E-state index contributed by atoms with van der Waals surface area (Å²) in [5.74, 6) is -0.326. The summed E-state index contributed by atoms with van der Waals surface area (Å²) in [6.07, 6.45) is 2.66. The first-order valence-electron chi connectivity index (χ1n) is 4.49. The number of anilines is 1. The van der Waals surface area contributed by atoms with E-state index in [4.69, 9.17) is 11.5 Å². The number of aryl methyl sites for hydroxylation is 1. The lowest BCUT2D eigenvalue weighted by molar-refractivity contribution is 0.567. The van der Waals surface area contributed by atoms with E-state index in [9.17, 15) is 4.39 Å². The van der Waals surface area contributed by atoms with Gasteiger partial charge in [-0.15, -0.1) is 0 Å². The Bertz CT molecular complexity index is 336. The van der Waals surface area contributed by atoms with Crippen molar-refractivity contribution in [2.75, 3.05) is 5.73 Å². The molecule has 0 fully saturated rings. The van der Waals surface area contributed by atoms with Crippen LogP contribution in [0.15, 0.2) is 12.1 Å². The van der Waals surface area contributed by atoms with Gasteiger partial charge in [0.25, 0.3) is 0 Å². The number of hydrogen-bond acceptors (Lipinski definition) is 2. The maximum absolute atomic E-state index is 13.1. The minimum absolute atomic E-state index is 0.176. The zero-order valence-corrected chi connectivity index (χ0v) is 7.39. The topological polar surface area (TPSA) is 52.0 Å². The highest BCUT2D eigenvalue weighted by Crippen LogP contribution is 2.24. The summed E-state index contributed by atoms with van der Waals surface area (Å²) in [4.78, 5) is 0. The number of benzene rings is 1. The van der Waals surface area contributed by atoms with Crippen LogP contribution < -0.4 is 11.5 Å². The van der Waals surface area contributed by atoms with E-state index < -0.39 is 0 Å². The molecule has 13 heavy (non-hydrogen) atoms. The van der Waals surface area contributed by atoms with Crippen LogP contribution in [0.1, 0.15) is 17.5 Å². The molecule has 1 aromatic carbocycles. The van der Waals surface area contributed by atoms with Crippen molar-refractivity contribution in [3.8, 4) is 0 Å². The summed E-state index contributed by atoms with van der Waals surface area (Å²) >= 11 is 0. The summed E-state index contributed by atoms with van der Waals surface area (Å²) in [5, 5.41) is 0.